The van der Waals surface area contributed by atoms with Gasteiger partial charge in [-0.1, -0.05) is 47.5 Å². The molecule has 1 aromatic heterocycles. The molecule has 3 N–H and O–H groups in total. The number of nitrogens with two attached hydrogens (primary N) is 1. The molecule has 122 valence electrons. The molecular weight excluding hydrogens is 363 g/mol. The number of para-hydroxylation sites is 1. The minimum Gasteiger partial charge on any atom is -0.375 e. The van der Waals surface area contributed by atoms with Crippen molar-refractivity contribution in [3.8, 4) is 0 Å². The first-order valence-corrected chi connectivity index (χ1v) is 8.31. The first kappa shape index (κ1) is 16.8. The van der Waals surface area contributed by atoms with Gasteiger partial charge < -0.3 is 10.3 Å². The summed E-state index contributed by atoms with van der Waals surface area (Å²) in [5.74, 6) is 0. The molecule has 0 aliphatic carbocycles. The Balaban J connectivity index is 1.99. The van der Waals surface area contributed by atoms with E-state index in [9.17, 15) is 0 Å². The summed E-state index contributed by atoms with van der Waals surface area (Å²) in [5, 5.41) is 6.52. The van der Waals surface area contributed by atoms with E-state index in [0.717, 1.165) is 22.0 Å². The third kappa shape index (κ3) is 3.70. The van der Waals surface area contributed by atoms with Crippen molar-refractivity contribution < 1.29 is 0 Å². The number of hydrogen-bond acceptors (Lipinski definition) is 2. The van der Waals surface area contributed by atoms with Crippen molar-refractivity contribution in [3.63, 3.8) is 0 Å². The Morgan fingerprint density at radius 2 is 2.04 bits per heavy atom. The lowest BCUT2D eigenvalue weighted by Gasteiger charge is -2.08. The zero-order valence-electron chi connectivity index (χ0n) is 12.5. The van der Waals surface area contributed by atoms with Crippen LogP contribution in [0.3, 0.4) is 0 Å². The maximum Gasteiger partial charge on any atom is 0.184 e. The van der Waals surface area contributed by atoms with Crippen LogP contribution in [-0.4, -0.2) is 15.9 Å². The van der Waals surface area contributed by atoms with E-state index < -0.39 is 0 Å². The van der Waals surface area contributed by atoms with Gasteiger partial charge in [0.05, 0.1) is 6.21 Å². The second-order valence-electron chi connectivity index (χ2n) is 5.20. The number of benzene rings is 2. The van der Waals surface area contributed by atoms with Crippen LogP contribution in [0.2, 0.25) is 10.0 Å². The van der Waals surface area contributed by atoms with Gasteiger partial charge in [0.1, 0.15) is 0 Å². The average molecular weight is 377 g/mol. The Kier molecular flexibility index (Phi) is 5.04. The van der Waals surface area contributed by atoms with E-state index >= 15 is 0 Å². The van der Waals surface area contributed by atoms with Crippen molar-refractivity contribution in [1.82, 2.24) is 9.99 Å². The van der Waals surface area contributed by atoms with E-state index in [4.69, 9.17) is 41.2 Å². The third-order valence-electron chi connectivity index (χ3n) is 3.55. The molecule has 3 rings (SSSR count). The van der Waals surface area contributed by atoms with Gasteiger partial charge in [0.2, 0.25) is 0 Å². The third-order valence-corrected chi connectivity index (χ3v) is 4.23. The predicted octanol–water partition coefficient (Wildman–Crippen LogP) is 4.16. The molecule has 0 spiro atoms. The summed E-state index contributed by atoms with van der Waals surface area (Å²) in [5.41, 5.74) is 11.0. The molecule has 0 radical (unpaired) electrons. The van der Waals surface area contributed by atoms with Crippen molar-refractivity contribution in [3.05, 3.63) is 69.8 Å². The van der Waals surface area contributed by atoms with E-state index in [0.29, 0.717) is 16.6 Å². The van der Waals surface area contributed by atoms with Crippen LogP contribution < -0.4 is 11.2 Å². The second kappa shape index (κ2) is 7.21. The van der Waals surface area contributed by atoms with E-state index in [1.54, 1.807) is 12.3 Å². The summed E-state index contributed by atoms with van der Waals surface area (Å²) in [6, 6.07) is 13.6. The van der Waals surface area contributed by atoms with Crippen molar-refractivity contribution in [2.45, 2.75) is 6.54 Å². The lowest BCUT2D eigenvalue weighted by molar-refractivity contribution is 0.836. The average Bonchev–Trinajstić information content (AvgIpc) is 2.88. The normalized spacial score (nSPS) is 11.2. The number of hydrazone groups is 1. The monoisotopic (exact) mass is 376 g/mol. The highest BCUT2D eigenvalue weighted by molar-refractivity contribution is 7.80. The predicted molar refractivity (Wildman–Crippen MR) is 105 cm³/mol. The number of nitrogens with one attached hydrogen (secondary N) is 1. The summed E-state index contributed by atoms with van der Waals surface area (Å²) in [6.45, 7) is 0.632. The van der Waals surface area contributed by atoms with Crippen LogP contribution in [-0.2, 0) is 6.54 Å². The number of thiocarbonyl (C=S) groups is 1. The summed E-state index contributed by atoms with van der Waals surface area (Å²) in [4.78, 5) is 0. The largest absolute Gasteiger partial charge is 0.375 e. The van der Waals surface area contributed by atoms with Crippen molar-refractivity contribution in [2.75, 3.05) is 0 Å². The van der Waals surface area contributed by atoms with Crippen LogP contribution >= 0.6 is 35.4 Å². The Bertz CT molecular complexity index is 933. The van der Waals surface area contributed by atoms with Gasteiger partial charge in [-0.15, -0.1) is 0 Å². The standard InChI is InChI=1S/C17H14Cl2N4S/c18-13-6-5-11(15(19)7-13)9-23-10-12(8-21-22-17(20)24)14-3-1-2-4-16(14)23/h1-8,10H,9H2,(H3,20,22,24). The molecule has 0 saturated heterocycles. The maximum absolute atomic E-state index is 6.29. The fourth-order valence-electron chi connectivity index (χ4n) is 2.51. The summed E-state index contributed by atoms with van der Waals surface area (Å²) in [6.07, 6.45) is 3.71. The van der Waals surface area contributed by atoms with Crippen LogP contribution in [0.5, 0.6) is 0 Å². The van der Waals surface area contributed by atoms with E-state index in [1.807, 2.05) is 36.5 Å². The maximum atomic E-state index is 6.29. The molecule has 24 heavy (non-hydrogen) atoms. The molecule has 0 amide bonds. The smallest absolute Gasteiger partial charge is 0.184 e. The van der Waals surface area contributed by atoms with Crippen molar-refractivity contribution in [1.29, 1.82) is 0 Å². The second-order valence-corrected chi connectivity index (χ2v) is 6.48. The van der Waals surface area contributed by atoms with Gasteiger partial charge in [0.15, 0.2) is 5.11 Å². The van der Waals surface area contributed by atoms with Gasteiger partial charge >= 0.3 is 0 Å². The number of hydrogen-bond donors (Lipinski definition) is 2. The molecule has 1 heterocycles. The summed E-state index contributed by atoms with van der Waals surface area (Å²) in [7, 11) is 0. The fraction of sp³-hybridized carbons (Fsp3) is 0.0588. The number of aromatic nitrogens is 1. The first-order valence-electron chi connectivity index (χ1n) is 7.15. The highest BCUT2D eigenvalue weighted by Crippen LogP contribution is 2.25. The SMILES string of the molecule is NC(=S)NN=Cc1cn(Cc2ccc(Cl)cc2Cl)c2ccccc12. The number of halogens is 2. The van der Waals surface area contributed by atoms with Crippen LogP contribution in [0.15, 0.2) is 53.8 Å². The lowest BCUT2D eigenvalue weighted by Crippen LogP contribution is -2.23. The topological polar surface area (TPSA) is 55.3 Å². The number of nitrogens with zero attached hydrogens (tertiary/aromatic N) is 2. The molecule has 7 heteroatoms. The molecule has 2 aromatic carbocycles. The molecule has 0 unspecified atom stereocenters. The van der Waals surface area contributed by atoms with Crippen molar-refractivity contribution in [2.24, 2.45) is 10.8 Å². The first-order chi connectivity index (χ1) is 11.5. The Morgan fingerprint density at radius 1 is 1.25 bits per heavy atom. The van der Waals surface area contributed by atoms with E-state index in [2.05, 4.69) is 21.2 Å². The van der Waals surface area contributed by atoms with Gasteiger partial charge in [-0.2, -0.15) is 5.10 Å². The van der Waals surface area contributed by atoms with Crippen molar-refractivity contribution >= 4 is 57.6 Å². The molecule has 3 aromatic rings. The summed E-state index contributed by atoms with van der Waals surface area (Å²) < 4.78 is 2.12. The summed E-state index contributed by atoms with van der Waals surface area (Å²) >= 11 is 17.0. The van der Waals surface area contributed by atoms with Crippen LogP contribution in [0.25, 0.3) is 10.9 Å². The molecule has 0 aliphatic rings. The minimum atomic E-state index is 0.128. The van der Waals surface area contributed by atoms with Crippen LogP contribution in [0.1, 0.15) is 11.1 Å². The molecular formula is C17H14Cl2N4S. The van der Waals surface area contributed by atoms with Gasteiger partial charge in [0, 0.05) is 39.3 Å². The zero-order chi connectivity index (χ0) is 17.1. The highest BCUT2D eigenvalue weighted by atomic mass is 35.5. The molecule has 0 bridgehead atoms. The van der Waals surface area contributed by atoms with Gasteiger partial charge in [-0.3, -0.25) is 5.43 Å². The quantitative estimate of drug-likeness (QED) is 0.408. The highest BCUT2D eigenvalue weighted by Gasteiger charge is 2.09. The van der Waals surface area contributed by atoms with Gasteiger partial charge in [-0.05, 0) is 36.0 Å². The molecule has 0 aliphatic heterocycles. The zero-order valence-corrected chi connectivity index (χ0v) is 14.9. The molecule has 0 saturated carbocycles. The minimum absolute atomic E-state index is 0.128. The van der Waals surface area contributed by atoms with Gasteiger partial charge in [-0.25, -0.2) is 0 Å². The fourth-order valence-corrected chi connectivity index (χ4v) is 3.03. The van der Waals surface area contributed by atoms with Crippen LogP contribution in [0, 0.1) is 0 Å². The lowest BCUT2D eigenvalue weighted by atomic mass is 10.2. The number of fused-ring (bicyclic) bond motifs is 1. The van der Waals surface area contributed by atoms with E-state index in [-0.39, 0.29) is 5.11 Å². The molecule has 0 fully saturated rings. The molecule has 4 nitrogen and oxygen atoms in total. The Morgan fingerprint density at radius 3 is 2.79 bits per heavy atom. The Hall–Kier alpha value is -2.08. The Labute approximate surface area is 154 Å². The molecule has 0 atom stereocenters. The van der Waals surface area contributed by atoms with E-state index in [1.165, 1.54) is 0 Å². The number of rotatable bonds is 4. The van der Waals surface area contributed by atoms with Crippen LogP contribution in [0.4, 0.5) is 0 Å². The van der Waals surface area contributed by atoms with Gasteiger partial charge in [0.25, 0.3) is 0 Å².